The van der Waals surface area contributed by atoms with Crippen LogP contribution in [-0.2, 0) is 67.6 Å². The van der Waals surface area contributed by atoms with Crippen molar-refractivity contribution in [1.29, 1.82) is 0 Å². The van der Waals surface area contributed by atoms with Gasteiger partial charge in [0.15, 0.2) is 0 Å². The molecule has 0 aromatic heterocycles. The SMILES string of the molecule is O=P(O)(O)O.O=P(O)(O)O.[Zn].[Zn].[Zn]. The van der Waals surface area contributed by atoms with E-state index in [-0.39, 0.29) is 58.4 Å². The standard InChI is InChI=1S/2H3O4P.3Zn/c2*1-5(2,3)4;;;/h2*(H3,1,2,3,4);;;. The van der Waals surface area contributed by atoms with Gasteiger partial charge >= 0.3 is 15.6 Å². The molecule has 0 spiro atoms. The van der Waals surface area contributed by atoms with E-state index < -0.39 is 15.6 Å². The molecule has 0 unspecified atom stereocenters. The predicted molar refractivity (Wildman–Crippen MR) is 28.5 cm³/mol. The summed E-state index contributed by atoms with van der Waals surface area (Å²) in [6.45, 7) is 0. The Morgan fingerprint density at radius 2 is 0.538 bits per heavy atom. The maximum atomic E-state index is 8.88. The quantitative estimate of drug-likeness (QED) is 0.207. The summed E-state index contributed by atoms with van der Waals surface area (Å²) in [5, 5.41) is 0. The molecule has 70 valence electrons. The van der Waals surface area contributed by atoms with E-state index in [0.717, 1.165) is 0 Å². The van der Waals surface area contributed by atoms with Crippen molar-refractivity contribution in [3.8, 4) is 0 Å². The van der Waals surface area contributed by atoms with Crippen LogP contribution in [0.1, 0.15) is 0 Å². The van der Waals surface area contributed by atoms with Crippen molar-refractivity contribution in [3.05, 3.63) is 0 Å². The number of hydrogen-bond donors (Lipinski definition) is 6. The van der Waals surface area contributed by atoms with E-state index in [2.05, 4.69) is 0 Å². The van der Waals surface area contributed by atoms with Crippen LogP contribution >= 0.6 is 15.6 Å². The molecule has 0 aliphatic carbocycles. The van der Waals surface area contributed by atoms with E-state index >= 15 is 0 Å². The molecule has 0 rings (SSSR count). The van der Waals surface area contributed by atoms with Crippen LogP contribution in [0.5, 0.6) is 0 Å². The fourth-order valence-electron chi connectivity index (χ4n) is 0. The molecule has 0 aliphatic heterocycles. The van der Waals surface area contributed by atoms with Gasteiger partial charge in [-0.1, -0.05) is 0 Å². The van der Waals surface area contributed by atoms with Gasteiger partial charge < -0.3 is 29.4 Å². The fraction of sp³-hybridized carbons (Fsp3) is 0. The summed E-state index contributed by atoms with van der Waals surface area (Å²) in [6, 6.07) is 0. The first-order valence-corrected chi connectivity index (χ1v) is 4.70. The number of hydrogen-bond acceptors (Lipinski definition) is 2. The van der Waals surface area contributed by atoms with Gasteiger partial charge in [0.25, 0.3) is 0 Å². The van der Waals surface area contributed by atoms with Crippen molar-refractivity contribution in [1.82, 2.24) is 0 Å². The summed E-state index contributed by atoms with van der Waals surface area (Å²) in [7, 11) is -9.28. The van der Waals surface area contributed by atoms with Gasteiger partial charge in [0.05, 0.1) is 0 Å². The molecule has 0 atom stereocenters. The minimum absolute atomic E-state index is 0. The first-order valence-electron chi connectivity index (χ1n) is 1.57. The molecule has 0 aliphatic rings. The summed E-state index contributed by atoms with van der Waals surface area (Å²) in [5.74, 6) is 0. The van der Waals surface area contributed by atoms with Crippen molar-refractivity contribution in [3.63, 3.8) is 0 Å². The molecule has 0 bridgehead atoms. The zero-order chi connectivity index (χ0) is 9.00. The van der Waals surface area contributed by atoms with Crippen molar-refractivity contribution in [2.24, 2.45) is 0 Å². The van der Waals surface area contributed by atoms with E-state index in [1.54, 1.807) is 0 Å². The minimum Gasteiger partial charge on any atom is -0.303 e. The van der Waals surface area contributed by atoms with Crippen LogP contribution in [0.2, 0.25) is 0 Å². The van der Waals surface area contributed by atoms with Crippen molar-refractivity contribution in [2.45, 2.75) is 0 Å². The zero-order valence-corrected chi connectivity index (χ0v) is 17.2. The summed E-state index contributed by atoms with van der Waals surface area (Å²) < 4.78 is 17.8. The van der Waals surface area contributed by atoms with E-state index in [0.29, 0.717) is 0 Å². The molecule has 8 nitrogen and oxygen atoms in total. The minimum atomic E-state index is -4.64. The third-order valence-corrected chi connectivity index (χ3v) is 0. The average molecular weight is 392 g/mol. The van der Waals surface area contributed by atoms with Crippen LogP contribution in [0.4, 0.5) is 0 Å². The van der Waals surface area contributed by atoms with Crippen LogP contribution in [0, 0.1) is 0 Å². The number of rotatable bonds is 0. The summed E-state index contributed by atoms with van der Waals surface area (Å²) in [4.78, 5) is 43.1. The largest absolute Gasteiger partial charge is 0.466 e. The first-order chi connectivity index (χ1) is 4.00. The molecule has 6 N–H and O–H groups in total. The van der Waals surface area contributed by atoms with Crippen LogP contribution in [0.15, 0.2) is 0 Å². The van der Waals surface area contributed by atoms with Crippen molar-refractivity contribution >= 4 is 15.6 Å². The van der Waals surface area contributed by atoms with Gasteiger partial charge in [0.2, 0.25) is 0 Å². The van der Waals surface area contributed by atoms with E-state index in [1.165, 1.54) is 0 Å². The normalized spacial score (nSPS) is 9.08. The van der Waals surface area contributed by atoms with Gasteiger partial charge in [-0.2, -0.15) is 0 Å². The molecule has 0 amide bonds. The topological polar surface area (TPSA) is 156 Å². The second-order valence-corrected chi connectivity index (χ2v) is 3.08. The van der Waals surface area contributed by atoms with Crippen molar-refractivity contribution in [2.75, 3.05) is 0 Å². The van der Waals surface area contributed by atoms with Gasteiger partial charge in [-0.3, -0.25) is 0 Å². The van der Waals surface area contributed by atoms with Crippen LogP contribution in [-0.4, -0.2) is 29.4 Å². The Kier molecular flexibility index (Phi) is 27.5. The van der Waals surface area contributed by atoms with Crippen LogP contribution in [0.25, 0.3) is 0 Å². The second-order valence-electron chi connectivity index (χ2n) is 1.03. The molecule has 0 heterocycles. The maximum absolute atomic E-state index is 8.88. The summed E-state index contributed by atoms with van der Waals surface area (Å²) in [5.41, 5.74) is 0. The smallest absolute Gasteiger partial charge is 0.303 e. The Hall–Kier alpha value is 2.09. The predicted octanol–water partition coefficient (Wildman–Crippen LogP) is -1.86. The van der Waals surface area contributed by atoms with Gasteiger partial charge in [-0.05, 0) is 0 Å². The number of phosphoric acid groups is 2. The maximum Gasteiger partial charge on any atom is 0.466 e. The average Bonchev–Trinajstić information content (AvgIpc) is 1.12. The third kappa shape index (κ3) is 471. The molecular weight excluding hydrogens is 386 g/mol. The van der Waals surface area contributed by atoms with E-state index in [1.807, 2.05) is 0 Å². The molecule has 0 aromatic rings. The molecular formula is H6O8P2Zn3. The molecule has 0 saturated carbocycles. The van der Waals surface area contributed by atoms with Crippen LogP contribution < -0.4 is 0 Å². The van der Waals surface area contributed by atoms with Gasteiger partial charge in [0.1, 0.15) is 0 Å². The third-order valence-electron chi connectivity index (χ3n) is 0. The Bertz CT molecular complexity index is 130. The van der Waals surface area contributed by atoms with Gasteiger partial charge in [-0.25, -0.2) is 9.13 Å². The van der Waals surface area contributed by atoms with Gasteiger partial charge in [0, 0.05) is 58.4 Å². The molecule has 0 radical (unpaired) electrons. The first kappa shape index (κ1) is 29.4. The van der Waals surface area contributed by atoms with Crippen LogP contribution in [0.3, 0.4) is 0 Å². The summed E-state index contributed by atoms with van der Waals surface area (Å²) >= 11 is 0. The molecule has 13 heteroatoms. The Morgan fingerprint density at radius 1 is 0.538 bits per heavy atom. The molecule has 13 heavy (non-hydrogen) atoms. The zero-order valence-electron chi connectivity index (χ0n) is 6.52. The Morgan fingerprint density at radius 3 is 0.538 bits per heavy atom. The van der Waals surface area contributed by atoms with Crippen molar-refractivity contribution < 1.29 is 96.9 Å². The van der Waals surface area contributed by atoms with E-state index in [4.69, 9.17) is 38.5 Å². The fourth-order valence-corrected chi connectivity index (χ4v) is 0. The second kappa shape index (κ2) is 12.2. The summed E-state index contributed by atoms with van der Waals surface area (Å²) in [6.07, 6.45) is 0. The molecule has 0 saturated heterocycles. The Labute approximate surface area is 112 Å². The van der Waals surface area contributed by atoms with E-state index in [9.17, 15) is 0 Å². The monoisotopic (exact) mass is 388 g/mol. The van der Waals surface area contributed by atoms with Gasteiger partial charge in [-0.15, -0.1) is 0 Å². The molecule has 0 fully saturated rings. The Balaban J connectivity index is -0.0000000267. The molecule has 0 aromatic carbocycles.